The van der Waals surface area contributed by atoms with Gasteiger partial charge in [0, 0.05) is 46.4 Å². The van der Waals surface area contributed by atoms with Crippen LogP contribution in [0.4, 0.5) is 0 Å². The Morgan fingerprint density at radius 3 is 2.44 bits per heavy atom. The van der Waals surface area contributed by atoms with E-state index >= 15 is 0 Å². The number of nitrogens with zero attached hydrogens (tertiary/aromatic N) is 1. The summed E-state index contributed by atoms with van der Waals surface area (Å²) in [5.41, 5.74) is 0. The largest absolute Gasteiger partial charge is 0.383 e. The summed E-state index contributed by atoms with van der Waals surface area (Å²) in [4.78, 5) is 2.35. The van der Waals surface area contributed by atoms with Gasteiger partial charge in [-0.05, 0) is 0 Å². The van der Waals surface area contributed by atoms with E-state index in [2.05, 4.69) is 10.2 Å². The highest BCUT2D eigenvalue weighted by molar-refractivity contribution is 4.74. The molecule has 1 unspecified atom stereocenters. The summed E-state index contributed by atoms with van der Waals surface area (Å²) in [5, 5.41) is 3.45. The maximum atomic E-state index is 5.44. The molecule has 96 valence electrons. The van der Waals surface area contributed by atoms with E-state index in [-0.39, 0.29) is 0 Å². The minimum atomic E-state index is 0.433. The summed E-state index contributed by atoms with van der Waals surface area (Å²) >= 11 is 0. The van der Waals surface area contributed by atoms with Crippen LogP contribution in [0.3, 0.4) is 0 Å². The number of nitrogens with one attached hydrogen (secondary N) is 1. The molecule has 0 bridgehead atoms. The fourth-order valence-corrected chi connectivity index (χ4v) is 1.78. The third-order valence-electron chi connectivity index (χ3n) is 2.70. The number of ether oxygens (including phenoxy) is 3. The molecule has 0 spiro atoms. The molecule has 1 fully saturated rings. The number of hydrogen-bond acceptors (Lipinski definition) is 5. The lowest BCUT2D eigenvalue weighted by Gasteiger charge is -2.30. The monoisotopic (exact) mass is 232 g/mol. The normalized spacial score (nSPS) is 21.6. The molecule has 0 saturated carbocycles. The minimum absolute atomic E-state index is 0.433. The minimum Gasteiger partial charge on any atom is -0.383 e. The lowest BCUT2D eigenvalue weighted by molar-refractivity contribution is 0.0500. The van der Waals surface area contributed by atoms with Crippen molar-refractivity contribution in [1.29, 1.82) is 0 Å². The summed E-state index contributed by atoms with van der Waals surface area (Å²) in [6.45, 7) is 6.98. The SMILES string of the molecule is COCCN(CCOC)CC1COCCN1. The highest BCUT2D eigenvalue weighted by Crippen LogP contribution is 1.98. The van der Waals surface area contributed by atoms with Gasteiger partial charge in [0.2, 0.25) is 0 Å². The highest BCUT2D eigenvalue weighted by Gasteiger charge is 2.16. The Morgan fingerprint density at radius 2 is 1.94 bits per heavy atom. The van der Waals surface area contributed by atoms with Crippen LogP contribution in [0.5, 0.6) is 0 Å². The molecule has 0 radical (unpaired) electrons. The van der Waals surface area contributed by atoms with Crippen molar-refractivity contribution in [3.05, 3.63) is 0 Å². The molecule has 1 atom stereocenters. The molecule has 1 aliphatic rings. The van der Waals surface area contributed by atoms with Crippen LogP contribution in [-0.2, 0) is 14.2 Å². The molecule has 0 amide bonds. The summed E-state index contributed by atoms with van der Waals surface area (Å²) in [7, 11) is 3.47. The van der Waals surface area contributed by atoms with Gasteiger partial charge in [-0.25, -0.2) is 0 Å². The Morgan fingerprint density at radius 1 is 1.25 bits per heavy atom. The van der Waals surface area contributed by atoms with E-state index in [1.54, 1.807) is 14.2 Å². The van der Waals surface area contributed by atoms with Crippen molar-refractivity contribution < 1.29 is 14.2 Å². The third-order valence-corrected chi connectivity index (χ3v) is 2.70. The average Bonchev–Trinajstić information content (AvgIpc) is 2.34. The van der Waals surface area contributed by atoms with E-state index in [0.29, 0.717) is 6.04 Å². The van der Waals surface area contributed by atoms with Crippen LogP contribution in [0.25, 0.3) is 0 Å². The lowest BCUT2D eigenvalue weighted by Crippen LogP contribution is -2.49. The average molecular weight is 232 g/mol. The van der Waals surface area contributed by atoms with Crippen molar-refractivity contribution in [2.75, 3.05) is 66.8 Å². The summed E-state index contributed by atoms with van der Waals surface area (Å²) in [6, 6.07) is 0.433. The summed E-state index contributed by atoms with van der Waals surface area (Å²) in [5.74, 6) is 0. The van der Waals surface area contributed by atoms with Crippen molar-refractivity contribution in [1.82, 2.24) is 10.2 Å². The first-order chi connectivity index (χ1) is 7.86. The highest BCUT2D eigenvalue weighted by atomic mass is 16.5. The number of rotatable bonds is 8. The van der Waals surface area contributed by atoms with E-state index in [9.17, 15) is 0 Å². The first-order valence-corrected chi connectivity index (χ1v) is 5.88. The molecular weight excluding hydrogens is 208 g/mol. The quantitative estimate of drug-likeness (QED) is 0.615. The predicted octanol–water partition coefficient (Wildman–Crippen LogP) is -0.430. The Hall–Kier alpha value is -0.200. The van der Waals surface area contributed by atoms with Gasteiger partial charge < -0.3 is 19.5 Å². The maximum Gasteiger partial charge on any atom is 0.0632 e. The fourth-order valence-electron chi connectivity index (χ4n) is 1.78. The molecule has 5 nitrogen and oxygen atoms in total. The second-order valence-electron chi connectivity index (χ2n) is 4.01. The number of hydrogen-bond donors (Lipinski definition) is 1. The Bertz CT molecular complexity index is 155. The Balaban J connectivity index is 2.23. The van der Waals surface area contributed by atoms with Crippen LogP contribution in [0, 0.1) is 0 Å². The molecule has 0 aliphatic carbocycles. The van der Waals surface area contributed by atoms with Crippen LogP contribution in [-0.4, -0.2) is 77.8 Å². The van der Waals surface area contributed by atoms with Crippen LogP contribution in [0.1, 0.15) is 0 Å². The Kier molecular flexibility index (Phi) is 7.71. The number of methoxy groups -OCH3 is 2. The predicted molar refractivity (Wildman–Crippen MR) is 62.8 cm³/mol. The van der Waals surface area contributed by atoms with Crippen LogP contribution in [0.2, 0.25) is 0 Å². The zero-order valence-corrected chi connectivity index (χ0v) is 10.4. The van der Waals surface area contributed by atoms with Crippen LogP contribution >= 0.6 is 0 Å². The molecule has 0 aromatic carbocycles. The van der Waals surface area contributed by atoms with E-state index in [0.717, 1.165) is 52.6 Å². The van der Waals surface area contributed by atoms with E-state index < -0.39 is 0 Å². The van der Waals surface area contributed by atoms with Gasteiger partial charge in [0.15, 0.2) is 0 Å². The van der Waals surface area contributed by atoms with Gasteiger partial charge in [0.05, 0.1) is 26.4 Å². The molecular formula is C11H24N2O3. The maximum absolute atomic E-state index is 5.44. The smallest absolute Gasteiger partial charge is 0.0632 e. The zero-order valence-electron chi connectivity index (χ0n) is 10.4. The van der Waals surface area contributed by atoms with Gasteiger partial charge >= 0.3 is 0 Å². The van der Waals surface area contributed by atoms with Gasteiger partial charge in [-0.3, -0.25) is 4.90 Å². The standard InChI is InChI=1S/C11H24N2O3/c1-14-7-4-13(5-8-15-2)9-11-10-16-6-3-12-11/h11-12H,3-10H2,1-2H3. The van der Waals surface area contributed by atoms with E-state index in [1.165, 1.54) is 0 Å². The second kappa shape index (κ2) is 8.90. The van der Waals surface area contributed by atoms with Gasteiger partial charge in [0.25, 0.3) is 0 Å². The van der Waals surface area contributed by atoms with Gasteiger partial charge in [-0.2, -0.15) is 0 Å². The summed E-state index contributed by atoms with van der Waals surface area (Å²) in [6.07, 6.45) is 0. The van der Waals surface area contributed by atoms with Gasteiger partial charge in [-0.1, -0.05) is 0 Å². The van der Waals surface area contributed by atoms with Crippen molar-refractivity contribution in [3.63, 3.8) is 0 Å². The molecule has 1 saturated heterocycles. The molecule has 1 aliphatic heterocycles. The van der Waals surface area contributed by atoms with Crippen LogP contribution < -0.4 is 5.32 Å². The van der Waals surface area contributed by atoms with Gasteiger partial charge in [0.1, 0.15) is 0 Å². The van der Waals surface area contributed by atoms with Crippen molar-refractivity contribution in [2.24, 2.45) is 0 Å². The van der Waals surface area contributed by atoms with Crippen molar-refractivity contribution in [2.45, 2.75) is 6.04 Å². The van der Waals surface area contributed by atoms with E-state index in [4.69, 9.17) is 14.2 Å². The first kappa shape index (κ1) is 13.9. The molecule has 1 rings (SSSR count). The molecule has 0 aromatic rings. The van der Waals surface area contributed by atoms with Crippen LogP contribution in [0.15, 0.2) is 0 Å². The number of morpholine rings is 1. The molecule has 0 aromatic heterocycles. The molecule has 16 heavy (non-hydrogen) atoms. The fraction of sp³-hybridized carbons (Fsp3) is 1.00. The molecule has 1 N–H and O–H groups in total. The molecule has 5 heteroatoms. The summed E-state index contributed by atoms with van der Waals surface area (Å²) < 4.78 is 15.7. The molecule has 1 heterocycles. The van der Waals surface area contributed by atoms with Crippen molar-refractivity contribution >= 4 is 0 Å². The van der Waals surface area contributed by atoms with Crippen molar-refractivity contribution in [3.8, 4) is 0 Å². The first-order valence-electron chi connectivity index (χ1n) is 5.88. The Labute approximate surface area is 98.0 Å². The third kappa shape index (κ3) is 5.77. The topological polar surface area (TPSA) is 43.0 Å². The lowest BCUT2D eigenvalue weighted by atomic mass is 10.2. The van der Waals surface area contributed by atoms with E-state index in [1.807, 2.05) is 0 Å². The second-order valence-corrected chi connectivity index (χ2v) is 4.01. The van der Waals surface area contributed by atoms with Gasteiger partial charge in [-0.15, -0.1) is 0 Å². The zero-order chi connectivity index (χ0) is 11.6.